The van der Waals surface area contributed by atoms with Crippen molar-refractivity contribution in [3.05, 3.63) is 139 Å². The third-order valence-corrected chi connectivity index (χ3v) is 15.6. The van der Waals surface area contributed by atoms with Crippen LogP contribution in [0.25, 0.3) is 26.4 Å². The summed E-state index contributed by atoms with van der Waals surface area (Å²) in [7, 11) is 0. The lowest BCUT2D eigenvalue weighted by Gasteiger charge is -2.35. The zero-order chi connectivity index (χ0) is 50.3. The number of nitrogens with one attached hydrogen (secondary N) is 3. The van der Waals surface area contributed by atoms with E-state index in [0.29, 0.717) is 46.5 Å². The highest BCUT2D eigenvalue weighted by Crippen LogP contribution is 2.40. The van der Waals surface area contributed by atoms with Crippen LogP contribution in [0.5, 0.6) is 0 Å². The minimum absolute atomic E-state index is 0.0236. The maximum absolute atomic E-state index is 14.3. The molecule has 4 aromatic heterocycles. The van der Waals surface area contributed by atoms with Gasteiger partial charge in [-0.1, -0.05) is 80.9 Å². The average molecular weight is 1010 g/mol. The molecule has 6 heterocycles. The van der Waals surface area contributed by atoms with E-state index >= 15 is 0 Å². The third-order valence-electron chi connectivity index (χ3n) is 13.1. The molecule has 1 saturated heterocycles. The predicted octanol–water partition coefficient (Wildman–Crippen LogP) is 8.08. The molecule has 0 spiro atoms. The van der Waals surface area contributed by atoms with Gasteiger partial charge in [-0.3, -0.25) is 28.7 Å². The van der Waals surface area contributed by atoms with Crippen molar-refractivity contribution in [3.8, 4) is 15.4 Å². The largest absolute Gasteiger partial charge is 0.461 e. The smallest absolute Gasteiger partial charge is 0.246 e. The Labute approximate surface area is 424 Å². The topological polar surface area (TPSA) is 197 Å². The molecular formula is C53H56ClN9O6S2. The summed E-state index contributed by atoms with van der Waals surface area (Å²) in [6.07, 6.45) is -0.351. The molecule has 0 bridgehead atoms. The lowest BCUT2D eigenvalue weighted by atomic mass is 9.85. The number of likely N-dealkylation sites (tertiary alicyclic amines) is 1. The Morgan fingerprint density at radius 3 is 2.37 bits per heavy atom. The second-order valence-corrected chi connectivity index (χ2v) is 21.9. The standard InChI is InChI=1S/C53H56ClN9O6S2/c1-28-30(3)71-52-45(28)46(34-14-16-37(54)17-15-34)58-40(49-61-60-31(4)63(49)52)24-43(65)55-19-18-39-22-36-13-10-33(20-42(36)69-39)21-44(66)59-48(53(5,6)7)51(68)62-26-38(64)23-41(62)50(67)56-25-32-8-11-35(12-9-32)47-29(2)57-27-70-47/h8-17,20,22,27,38,40-41,48,64H,18-19,21,23-26H2,1-7H3,(H,55,65)(H,56,67)(H,59,66)/t38-,40+,41+,48-/m1/s1. The number of β-amino-alcohol motifs (C(OH)–C–C–N with tert-alkyl or cyclic N) is 1. The number of aromatic nitrogens is 4. The zero-order valence-corrected chi connectivity index (χ0v) is 43.0. The number of aliphatic imine (C=N–C) groups is 1. The molecule has 2 aliphatic heterocycles. The van der Waals surface area contributed by atoms with Gasteiger partial charge in [0.2, 0.25) is 23.6 Å². The fourth-order valence-corrected chi connectivity index (χ4v) is 11.4. The van der Waals surface area contributed by atoms with Crippen LogP contribution in [-0.4, -0.2) is 90.4 Å². The number of thiophene rings is 1. The SMILES string of the molecule is Cc1ncsc1-c1ccc(CNC(=O)[C@@H]2C[C@@H](O)CN2C(=O)[C@@H](NC(=O)Cc2ccc3cc(CCNC(=O)C[C@@H]4N=C(c5ccc(Cl)cc5)c5c(sc(C)c5C)-n5c(C)nnc54)oc3c2)C(C)(C)C)cc1. The second-order valence-electron chi connectivity index (χ2n) is 19.4. The number of aliphatic hydroxyl groups is 1. The molecule has 0 radical (unpaired) electrons. The molecule has 4 N–H and O–H groups in total. The minimum atomic E-state index is -0.975. The molecule has 15 nitrogen and oxygen atoms in total. The highest BCUT2D eigenvalue weighted by atomic mass is 35.5. The number of halogens is 1. The summed E-state index contributed by atoms with van der Waals surface area (Å²) in [5, 5.41) is 31.0. The number of hydrogen-bond donors (Lipinski definition) is 4. The Hall–Kier alpha value is -6.53. The van der Waals surface area contributed by atoms with Gasteiger partial charge in [-0.05, 0) is 79.6 Å². The first-order valence-corrected chi connectivity index (χ1v) is 25.7. The number of carbonyl (C=O) groups is 4. The van der Waals surface area contributed by atoms with Crippen molar-refractivity contribution in [2.45, 2.75) is 105 Å². The summed E-state index contributed by atoms with van der Waals surface area (Å²) in [6, 6.07) is 20.4. The Bertz CT molecular complexity index is 3180. The van der Waals surface area contributed by atoms with Crippen molar-refractivity contribution in [1.82, 2.24) is 40.6 Å². The Morgan fingerprint density at radius 1 is 0.915 bits per heavy atom. The number of benzene rings is 3. The van der Waals surface area contributed by atoms with E-state index in [2.05, 4.69) is 45.0 Å². The summed E-state index contributed by atoms with van der Waals surface area (Å²) < 4.78 is 8.23. The molecule has 4 amide bonds. The van der Waals surface area contributed by atoms with Gasteiger partial charge in [0.05, 0.1) is 40.7 Å². The number of nitrogens with zero attached hydrogens (tertiary/aromatic N) is 6. The Morgan fingerprint density at radius 2 is 1.65 bits per heavy atom. The Balaban J connectivity index is 0.808. The van der Waals surface area contributed by atoms with Crippen LogP contribution in [-0.2, 0) is 38.6 Å². The normalized spacial score (nSPS) is 17.1. The minimum Gasteiger partial charge on any atom is -0.461 e. The van der Waals surface area contributed by atoms with Crippen molar-refractivity contribution in [2.24, 2.45) is 10.4 Å². The summed E-state index contributed by atoms with van der Waals surface area (Å²) in [4.78, 5) is 68.3. The van der Waals surface area contributed by atoms with Crippen molar-refractivity contribution >= 4 is 74.6 Å². The van der Waals surface area contributed by atoms with Crippen LogP contribution >= 0.6 is 34.3 Å². The van der Waals surface area contributed by atoms with E-state index in [9.17, 15) is 24.3 Å². The van der Waals surface area contributed by atoms with Crippen molar-refractivity contribution in [1.29, 1.82) is 0 Å². The molecule has 7 aromatic rings. The molecule has 9 rings (SSSR count). The second kappa shape index (κ2) is 20.3. The molecular weight excluding hydrogens is 958 g/mol. The van der Waals surface area contributed by atoms with Crippen LogP contribution < -0.4 is 16.0 Å². The first-order chi connectivity index (χ1) is 33.9. The fourth-order valence-electron chi connectivity index (χ4n) is 9.25. The van der Waals surface area contributed by atoms with Gasteiger partial charge >= 0.3 is 0 Å². The number of hydrogen-bond acceptors (Lipinski definition) is 12. The number of aliphatic hydroxyl groups excluding tert-OH is 1. The van der Waals surface area contributed by atoms with E-state index in [4.69, 9.17) is 21.0 Å². The molecule has 71 heavy (non-hydrogen) atoms. The summed E-state index contributed by atoms with van der Waals surface area (Å²) >= 11 is 9.49. The average Bonchev–Trinajstić information content (AvgIpc) is 4.16. The summed E-state index contributed by atoms with van der Waals surface area (Å²) in [5.74, 6) is 0.593. The summed E-state index contributed by atoms with van der Waals surface area (Å²) in [6.45, 7) is 14.1. The van der Waals surface area contributed by atoms with Gasteiger partial charge < -0.3 is 30.4 Å². The lowest BCUT2D eigenvalue weighted by Crippen LogP contribution is -2.58. The van der Waals surface area contributed by atoms with Crippen LogP contribution in [0.15, 0.2) is 87.7 Å². The van der Waals surface area contributed by atoms with Crippen molar-refractivity contribution < 1.29 is 28.7 Å². The van der Waals surface area contributed by atoms with Crippen LogP contribution in [0.3, 0.4) is 0 Å². The molecule has 3 aromatic carbocycles. The molecule has 368 valence electrons. The monoisotopic (exact) mass is 1010 g/mol. The van der Waals surface area contributed by atoms with E-state index < -0.39 is 35.6 Å². The maximum atomic E-state index is 14.3. The number of fused-ring (bicyclic) bond motifs is 4. The number of carbonyl (C=O) groups excluding carboxylic acids is 4. The lowest BCUT2D eigenvalue weighted by molar-refractivity contribution is -0.144. The van der Waals surface area contributed by atoms with Gasteiger partial charge in [0.15, 0.2) is 5.82 Å². The van der Waals surface area contributed by atoms with Crippen LogP contribution in [0.2, 0.25) is 5.02 Å². The first kappa shape index (κ1) is 49.5. The molecule has 0 unspecified atom stereocenters. The zero-order valence-electron chi connectivity index (χ0n) is 40.6. The number of aryl methyl sites for hydroxylation is 3. The molecule has 4 atom stereocenters. The first-order valence-electron chi connectivity index (χ1n) is 23.6. The van der Waals surface area contributed by atoms with Crippen LogP contribution in [0.1, 0.15) is 95.5 Å². The fraction of sp³-hybridized carbons (Fsp3) is 0.358. The van der Waals surface area contributed by atoms with Gasteiger partial charge in [0.1, 0.15) is 40.3 Å². The van der Waals surface area contributed by atoms with E-state index in [1.807, 2.05) is 111 Å². The van der Waals surface area contributed by atoms with E-state index in [1.165, 1.54) is 4.90 Å². The highest BCUT2D eigenvalue weighted by Gasteiger charge is 2.44. The number of amides is 4. The number of thiazole rings is 1. The van der Waals surface area contributed by atoms with E-state index in [0.717, 1.165) is 59.4 Å². The number of furan rings is 1. The van der Waals surface area contributed by atoms with Gasteiger partial charge in [-0.15, -0.1) is 32.9 Å². The highest BCUT2D eigenvalue weighted by molar-refractivity contribution is 7.15. The van der Waals surface area contributed by atoms with Gasteiger partial charge in [0, 0.05) is 58.9 Å². The molecule has 1 fully saturated rings. The van der Waals surface area contributed by atoms with Crippen molar-refractivity contribution in [2.75, 3.05) is 13.1 Å². The number of rotatable bonds is 14. The van der Waals surface area contributed by atoms with Crippen LogP contribution in [0.4, 0.5) is 0 Å². The molecule has 0 saturated carbocycles. The quantitative estimate of drug-likeness (QED) is 0.0833. The van der Waals surface area contributed by atoms with E-state index in [1.54, 1.807) is 28.7 Å². The molecule has 0 aliphatic carbocycles. The van der Waals surface area contributed by atoms with E-state index in [-0.39, 0.29) is 50.1 Å². The summed E-state index contributed by atoms with van der Waals surface area (Å²) in [5.41, 5.74) is 9.03. The van der Waals surface area contributed by atoms with Crippen LogP contribution in [0, 0.1) is 33.1 Å². The third kappa shape index (κ3) is 10.6. The molecule has 18 heteroatoms. The van der Waals surface area contributed by atoms with Gasteiger partial charge in [-0.25, -0.2) is 4.98 Å². The Kier molecular flexibility index (Phi) is 14.1. The molecule has 2 aliphatic rings. The van der Waals surface area contributed by atoms with Crippen molar-refractivity contribution in [3.63, 3.8) is 0 Å². The van der Waals surface area contributed by atoms with Gasteiger partial charge in [-0.2, -0.15) is 0 Å². The maximum Gasteiger partial charge on any atom is 0.246 e. The predicted molar refractivity (Wildman–Crippen MR) is 276 cm³/mol. The van der Waals surface area contributed by atoms with Gasteiger partial charge in [0.25, 0.3) is 0 Å².